The van der Waals surface area contributed by atoms with Crippen LogP contribution in [0.1, 0.15) is 157 Å². The van der Waals surface area contributed by atoms with Gasteiger partial charge in [0.25, 0.3) is 17.7 Å². The number of aliphatic hydroxyl groups excluding tert-OH is 1. The van der Waals surface area contributed by atoms with Crippen molar-refractivity contribution in [2.75, 3.05) is 18.4 Å². The Morgan fingerprint density at radius 3 is 2.19 bits per heavy atom. The number of aliphatic hydroxyl groups is 1. The van der Waals surface area contributed by atoms with E-state index in [1.165, 1.54) is 23.1 Å². The summed E-state index contributed by atoms with van der Waals surface area (Å²) in [4.78, 5) is 88.1. The number of aryl methyl sites for hydroxylation is 1. The molecule has 1 saturated heterocycles. The summed E-state index contributed by atoms with van der Waals surface area (Å²) in [5, 5.41) is 24.5. The van der Waals surface area contributed by atoms with Gasteiger partial charge >= 0.3 is 6.18 Å². The van der Waals surface area contributed by atoms with Crippen LogP contribution in [0.5, 0.6) is 0 Å². The molecule has 7 rings (SSSR count). The molecule has 0 spiro atoms. The number of anilines is 1. The Morgan fingerprint density at radius 1 is 0.857 bits per heavy atom. The van der Waals surface area contributed by atoms with Gasteiger partial charge in [0.15, 0.2) is 0 Å². The first-order valence-corrected chi connectivity index (χ1v) is 26.6. The molecule has 6 N–H and O–H groups in total. The summed E-state index contributed by atoms with van der Waals surface area (Å²) in [6, 6.07) is 11.7. The van der Waals surface area contributed by atoms with Crippen LogP contribution in [0.4, 0.5) is 27.6 Å². The fourth-order valence-electron chi connectivity index (χ4n) is 9.56. The Balaban J connectivity index is 0.867. The third-order valence-electron chi connectivity index (χ3n) is 13.7. The van der Waals surface area contributed by atoms with Gasteiger partial charge in [-0.15, -0.1) is 11.3 Å². The number of unbranched alkanes of at least 4 members (excludes halogenated alkanes) is 6. The molecule has 3 heterocycles. The third kappa shape index (κ3) is 14.4. The Hall–Kier alpha value is -6.77. The van der Waals surface area contributed by atoms with Crippen LogP contribution in [0.3, 0.4) is 0 Å². The molecule has 2 unspecified atom stereocenters. The number of nitrogens with zero attached hydrogens (tertiary/aromatic N) is 2. The van der Waals surface area contributed by atoms with Crippen molar-refractivity contribution in [1.29, 1.82) is 0 Å². The number of carbonyl (C=O) groups excluding carboxylic acids is 6. The summed E-state index contributed by atoms with van der Waals surface area (Å²) in [6.45, 7) is 9.48. The number of thiazole rings is 1. The van der Waals surface area contributed by atoms with Gasteiger partial charge in [0.1, 0.15) is 23.7 Å². The van der Waals surface area contributed by atoms with Crippen molar-refractivity contribution in [3.8, 4) is 10.4 Å². The van der Waals surface area contributed by atoms with Crippen LogP contribution >= 0.6 is 22.9 Å². The van der Waals surface area contributed by atoms with Crippen molar-refractivity contribution in [2.24, 2.45) is 5.41 Å². The van der Waals surface area contributed by atoms with Gasteiger partial charge < -0.3 is 36.6 Å². The number of likely N-dealkylation sites (tertiary alicyclic amines) is 1. The molecule has 0 radical (unpaired) electrons. The first kappa shape index (κ1) is 57.9. The second-order valence-electron chi connectivity index (χ2n) is 20.6. The molecule has 21 heteroatoms. The zero-order chi connectivity index (χ0) is 55.9. The summed E-state index contributed by atoms with van der Waals surface area (Å²) >= 11 is 7.93. The second-order valence-corrected chi connectivity index (χ2v) is 21.9. The number of amides is 6. The standard InChI is InChI=1S/C56H61ClF5N7O7S/c1-30(32-14-16-33(17-15-32)48-31(2)64-29-77-48)65-53(75)44-27-39(70)28-69(44)54(76)49(55(3,4)5)67-45(71)13-11-9-7-6-8-10-12-20-63-50(72)35-23-41-46(47(68-52(41)74)40-26-37(58)18-19-42(40)57)43(24-35)66-51(73)34-21-36(56(60,61)62)25-38(59)22-34/h14-19,21-26,29-30,39,44,47,49,70H,6-13,20,27-28H2,1-5H3,(H,63,72)(H,65,75)(H,66,73)(H,67,71)(H,68,74)/t30-,39+,44-,47?,49?/m0/s1. The summed E-state index contributed by atoms with van der Waals surface area (Å²) in [5.74, 6) is -5.66. The number of alkyl halides is 3. The number of nitrogens with one attached hydrogen (secondary N) is 5. The molecule has 1 aromatic heterocycles. The van der Waals surface area contributed by atoms with E-state index in [0.717, 1.165) is 65.9 Å². The van der Waals surface area contributed by atoms with Crippen molar-refractivity contribution in [2.45, 2.75) is 129 Å². The molecule has 14 nitrogen and oxygen atoms in total. The molecule has 410 valence electrons. The maximum Gasteiger partial charge on any atom is 0.416 e. The van der Waals surface area contributed by atoms with Crippen molar-refractivity contribution in [1.82, 2.24) is 31.2 Å². The Morgan fingerprint density at radius 2 is 1.53 bits per heavy atom. The lowest BCUT2D eigenvalue weighted by Gasteiger charge is -2.35. The average Bonchev–Trinajstić information content (AvgIpc) is 4.12. The van der Waals surface area contributed by atoms with E-state index in [1.54, 1.807) is 16.8 Å². The van der Waals surface area contributed by atoms with Crippen molar-refractivity contribution < 1.29 is 55.8 Å². The predicted molar refractivity (Wildman–Crippen MR) is 282 cm³/mol. The van der Waals surface area contributed by atoms with E-state index in [0.29, 0.717) is 25.0 Å². The van der Waals surface area contributed by atoms with Crippen LogP contribution in [0, 0.1) is 24.0 Å². The summed E-state index contributed by atoms with van der Waals surface area (Å²) in [5.41, 5.74) is 1.65. The average molecular weight is 1110 g/mol. The van der Waals surface area contributed by atoms with E-state index in [4.69, 9.17) is 11.6 Å². The zero-order valence-electron chi connectivity index (χ0n) is 43.1. The monoisotopic (exact) mass is 1110 g/mol. The molecule has 2 aliphatic rings. The molecule has 4 aromatic carbocycles. The lowest BCUT2D eigenvalue weighted by molar-refractivity contribution is -0.144. The fraction of sp³-hybridized carbons (Fsp3) is 0.411. The van der Waals surface area contributed by atoms with Crippen LogP contribution in [0.15, 0.2) is 78.3 Å². The summed E-state index contributed by atoms with van der Waals surface area (Å²) in [7, 11) is 0. The third-order valence-corrected chi connectivity index (χ3v) is 15.0. The van der Waals surface area contributed by atoms with Crippen LogP contribution in [0.25, 0.3) is 10.4 Å². The van der Waals surface area contributed by atoms with Gasteiger partial charge in [-0.25, -0.2) is 13.8 Å². The van der Waals surface area contributed by atoms with E-state index in [9.17, 15) is 55.8 Å². The van der Waals surface area contributed by atoms with Crippen LogP contribution in [-0.4, -0.2) is 81.7 Å². The van der Waals surface area contributed by atoms with Gasteiger partial charge in [0, 0.05) is 64.5 Å². The van der Waals surface area contributed by atoms with Crippen molar-refractivity contribution in [3.05, 3.63) is 140 Å². The Bertz CT molecular complexity index is 3020. The largest absolute Gasteiger partial charge is 0.416 e. The number of hydrogen-bond acceptors (Lipinski definition) is 9. The van der Waals surface area contributed by atoms with Gasteiger partial charge in [-0.1, -0.05) is 88.7 Å². The SMILES string of the molecule is Cc1ncsc1-c1ccc([C@H](C)NC(=O)[C@@H]2C[C@@H](O)CN2C(=O)C(NC(=O)CCCCCCCCCNC(=O)c2cc(NC(=O)c3cc(F)cc(C(F)(F)F)c3)c3c(c2)C(=O)NC3c2cc(F)ccc2Cl)C(C)(C)C)cc1. The number of halogens is 6. The van der Waals surface area contributed by atoms with Gasteiger partial charge in [0.05, 0.1) is 39.8 Å². The quantitative estimate of drug-likeness (QED) is 0.0327. The number of hydrogen-bond donors (Lipinski definition) is 6. The van der Waals surface area contributed by atoms with Crippen LogP contribution in [0.2, 0.25) is 5.02 Å². The van der Waals surface area contributed by atoms with Crippen molar-refractivity contribution >= 4 is 64.1 Å². The number of aromatic nitrogens is 1. The molecular formula is C56H61ClF5N7O7S. The molecule has 1 fully saturated rings. The van der Waals surface area contributed by atoms with E-state index in [-0.39, 0.29) is 76.9 Å². The van der Waals surface area contributed by atoms with Gasteiger partial charge in [-0.05, 0) is 91.8 Å². The van der Waals surface area contributed by atoms with Crippen LogP contribution < -0.4 is 26.6 Å². The van der Waals surface area contributed by atoms with E-state index in [2.05, 4.69) is 31.6 Å². The minimum absolute atomic E-state index is 0.0427. The summed E-state index contributed by atoms with van der Waals surface area (Å²) in [6.07, 6.45) is -0.552. The molecule has 77 heavy (non-hydrogen) atoms. The molecule has 6 amide bonds. The lowest BCUT2D eigenvalue weighted by atomic mass is 9.85. The van der Waals surface area contributed by atoms with Gasteiger partial charge in [-0.3, -0.25) is 28.8 Å². The summed E-state index contributed by atoms with van der Waals surface area (Å²) < 4.78 is 69.3. The van der Waals surface area contributed by atoms with Gasteiger partial charge in [-0.2, -0.15) is 13.2 Å². The maximum absolute atomic E-state index is 14.4. The predicted octanol–water partition coefficient (Wildman–Crippen LogP) is 10.4. The number of carbonyl (C=O) groups is 6. The Labute approximate surface area is 451 Å². The minimum atomic E-state index is -4.97. The van der Waals surface area contributed by atoms with E-state index in [1.807, 2.05) is 58.9 Å². The molecule has 0 saturated carbocycles. The maximum atomic E-state index is 14.4. The highest BCUT2D eigenvalue weighted by molar-refractivity contribution is 7.13. The highest BCUT2D eigenvalue weighted by Crippen LogP contribution is 2.41. The minimum Gasteiger partial charge on any atom is -0.391 e. The molecule has 0 bridgehead atoms. The molecule has 5 aromatic rings. The first-order chi connectivity index (χ1) is 36.4. The normalized spacial score (nSPS) is 17.1. The Kier molecular flexibility index (Phi) is 18.6. The number of benzene rings is 4. The molecule has 5 atom stereocenters. The highest BCUT2D eigenvalue weighted by atomic mass is 35.5. The van der Waals surface area contributed by atoms with E-state index < -0.39 is 88.1 Å². The second kappa shape index (κ2) is 24.7. The number of β-amino-alcohol motifs (C(OH)–C–C–N with tert-alkyl or cyclic N) is 1. The molecular weight excluding hydrogens is 1050 g/mol. The smallest absolute Gasteiger partial charge is 0.391 e. The molecule has 0 aliphatic carbocycles. The topological polar surface area (TPSA) is 199 Å². The van der Waals surface area contributed by atoms with Crippen molar-refractivity contribution in [3.63, 3.8) is 0 Å². The highest BCUT2D eigenvalue weighted by Gasteiger charge is 2.45. The fourth-order valence-corrected chi connectivity index (χ4v) is 10.6. The molecule has 2 aliphatic heterocycles. The first-order valence-electron chi connectivity index (χ1n) is 25.4. The number of rotatable bonds is 20. The van der Waals surface area contributed by atoms with Gasteiger partial charge in [0.2, 0.25) is 17.7 Å². The number of fused-ring (bicyclic) bond motifs is 1. The van der Waals surface area contributed by atoms with Crippen LogP contribution in [-0.2, 0) is 20.6 Å². The van der Waals surface area contributed by atoms with E-state index >= 15 is 0 Å². The zero-order valence-corrected chi connectivity index (χ0v) is 44.7. The lowest BCUT2D eigenvalue weighted by Crippen LogP contribution is -2.57.